The van der Waals surface area contributed by atoms with Gasteiger partial charge in [0.2, 0.25) is 0 Å². The van der Waals surface area contributed by atoms with Crippen molar-refractivity contribution in [3.8, 4) is 5.75 Å². The van der Waals surface area contributed by atoms with E-state index < -0.39 is 7.92 Å². The van der Waals surface area contributed by atoms with Gasteiger partial charge in [-0.15, -0.1) is 0 Å². The van der Waals surface area contributed by atoms with Gasteiger partial charge in [-0.1, -0.05) is 93.5 Å². The lowest BCUT2D eigenvalue weighted by molar-refractivity contribution is 0.475. The molecule has 4 aromatic rings. The fourth-order valence-corrected chi connectivity index (χ4v) is 8.08. The molecule has 0 aliphatic carbocycles. The van der Waals surface area contributed by atoms with E-state index >= 15 is 0 Å². The summed E-state index contributed by atoms with van der Waals surface area (Å²) in [6.45, 7) is 6.27. The third kappa shape index (κ3) is 4.34. The Morgan fingerprint density at radius 1 is 0.667 bits per heavy atom. The van der Waals surface area contributed by atoms with Crippen molar-refractivity contribution in [2.75, 3.05) is 0 Å². The second kappa shape index (κ2) is 9.13. The maximum Gasteiger partial charge on any atom is 0.126 e. The third-order valence-electron chi connectivity index (χ3n) is 5.22. The summed E-state index contributed by atoms with van der Waals surface area (Å²) in [6, 6.07) is 32.4. The van der Waals surface area contributed by atoms with Gasteiger partial charge in [0.05, 0.1) is 0 Å². The van der Waals surface area contributed by atoms with Crippen molar-refractivity contribution >= 4 is 43.0 Å². The minimum absolute atomic E-state index is 0.415. The Kier molecular flexibility index (Phi) is 6.33. The fraction of sp³-hybridized carbons (Fsp3) is 0.111. The van der Waals surface area contributed by atoms with Gasteiger partial charge in [-0.2, -0.15) is 0 Å². The van der Waals surface area contributed by atoms with Crippen LogP contribution in [0.15, 0.2) is 91.0 Å². The van der Waals surface area contributed by atoms with Crippen LogP contribution in [0.3, 0.4) is 0 Å². The summed E-state index contributed by atoms with van der Waals surface area (Å²) >= 11 is 0. The fourth-order valence-electron chi connectivity index (χ4n) is 3.77. The van der Waals surface area contributed by atoms with Crippen LogP contribution in [0.2, 0.25) is 0 Å². The molecule has 0 fully saturated rings. The Labute approximate surface area is 182 Å². The lowest BCUT2D eigenvalue weighted by Crippen LogP contribution is -2.31. The van der Waals surface area contributed by atoms with Gasteiger partial charge in [0, 0.05) is 5.30 Å². The Bertz CT molecular complexity index is 1110. The predicted molar refractivity (Wildman–Crippen MR) is 135 cm³/mol. The molecule has 1 nitrogen and oxygen atoms in total. The van der Waals surface area contributed by atoms with E-state index in [0.29, 0.717) is 14.3 Å². The second-order valence-electron chi connectivity index (χ2n) is 7.58. The molecule has 3 heteroatoms. The monoisotopic (exact) mass is 428 g/mol. The molecule has 0 aliphatic heterocycles. The summed E-state index contributed by atoms with van der Waals surface area (Å²) in [6.07, 6.45) is 0. The molecule has 1 atom stereocenters. The summed E-state index contributed by atoms with van der Waals surface area (Å²) in [5, 5.41) is 17.2. The molecule has 0 radical (unpaired) electrons. The average molecular weight is 428 g/mol. The summed E-state index contributed by atoms with van der Waals surface area (Å²) in [5.74, 6) is 0.428. The Balaban J connectivity index is 1.89. The van der Waals surface area contributed by atoms with Crippen LogP contribution >= 0.6 is 16.5 Å². The van der Waals surface area contributed by atoms with E-state index in [9.17, 15) is 5.11 Å². The van der Waals surface area contributed by atoms with E-state index in [1.165, 1.54) is 32.3 Å². The maximum atomic E-state index is 10.7. The van der Waals surface area contributed by atoms with Crippen LogP contribution in [0.4, 0.5) is 0 Å². The van der Waals surface area contributed by atoms with Crippen molar-refractivity contribution in [1.29, 1.82) is 0 Å². The molecule has 0 aromatic heterocycles. The van der Waals surface area contributed by atoms with E-state index in [4.69, 9.17) is 0 Å². The zero-order valence-electron chi connectivity index (χ0n) is 17.6. The highest BCUT2D eigenvalue weighted by Crippen LogP contribution is 2.35. The number of hydrogen-bond donors (Lipinski definition) is 1. The average Bonchev–Trinajstić information content (AvgIpc) is 2.75. The smallest absolute Gasteiger partial charge is 0.126 e. The minimum Gasteiger partial charge on any atom is -0.507 e. The maximum absolute atomic E-state index is 10.7. The lowest BCUT2D eigenvalue weighted by atomic mass is 10.1. The molecular weight excluding hydrogens is 402 g/mol. The summed E-state index contributed by atoms with van der Waals surface area (Å²) in [7, 11) is -0.264. The van der Waals surface area contributed by atoms with Gasteiger partial charge in [0.15, 0.2) is 0 Å². The molecule has 4 rings (SSSR count). The molecule has 1 unspecified atom stereocenters. The van der Waals surface area contributed by atoms with Gasteiger partial charge in [-0.25, -0.2) is 0 Å². The summed E-state index contributed by atoms with van der Waals surface area (Å²) in [4.78, 5) is 0. The molecular formula is C27H26OP2. The highest BCUT2D eigenvalue weighted by Gasteiger charge is 2.21. The van der Waals surface area contributed by atoms with Crippen LogP contribution in [0.1, 0.15) is 16.7 Å². The molecule has 0 bridgehead atoms. The molecule has 0 saturated heterocycles. The van der Waals surface area contributed by atoms with Crippen molar-refractivity contribution in [2.24, 2.45) is 0 Å². The highest BCUT2D eigenvalue weighted by molar-refractivity contribution is 7.81. The van der Waals surface area contributed by atoms with Crippen LogP contribution < -0.4 is 26.5 Å². The lowest BCUT2D eigenvalue weighted by Gasteiger charge is -2.24. The van der Waals surface area contributed by atoms with E-state index in [0.717, 1.165) is 10.9 Å². The van der Waals surface area contributed by atoms with Crippen LogP contribution in [0, 0.1) is 20.8 Å². The van der Waals surface area contributed by atoms with Crippen molar-refractivity contribution in [3.05, 3.63) is 108 Å². The largest absolute Gasteiger partial charge is 0.507 e. The molecule has 0 aliphatic rings. The number of benzene rings is 4. The van der Waals surface area contributed by atoms with Gasteiger partial charge in [0.25, 0.3) is 0 Å². The third-order valence-corrected chi connectivity index (χ3v) is 9.48. The molecule has 150 valence electrons. The first-order valence-electron chi connectivity index (χ1n) is 10.1. The standard InChI is InChI=1S/C27H26OP2/c1-19-17-21(3)26(28)24(18-19)29-27-20(2)11-10-16-25(27)30(22-12-6-4-7-13-22)23-14-8-5-9-15-23/h4-18,28-29H,1-3H3. The van der Waals surface area contributed by atoms with Crippen molar-refractivity contribution in [2.45, 2.75) is 20.8 Å². The number of phenols is 1. The molecule has 0 heterocycles. The molecule has 30 heavy (non-hydrogen) atoms. The minimum atomic E-state index is -0.679. The first-order valence-corrected chi connectivity index (χ1v) is 12.5. The van der Waals surface area contributed by atoms with Gasteiger partial charge >= 0.3 is 0 Å². The van der Waals surface area contributed by atoms with Crippen LogP contribution in [-0.2, 0) is 0 Å². The Hall–Kier alpha value is -2.46. The molecule has 4 aromatic carbocycles. The summed E-state index contributed by atoms with van der Waals surface area (Å²) < 4.78 is 0. The number of phenolic OH excluding ortho intramolecular Hbond substituents is 1. The first-order chi connectivity index (χ1) is 14.5. The van der Waals surface area contributed by atoms with Gasteiger partial charge in [-0.3, -0.25) is 0 Å². The van der Waals surface area contributed by atoms with Gasteiger partial charge < -0.3 is 5.11 Å². The Morgan fingerprint density at radius 2 is 1.27 bits per heavy atom. The number of aryl methyl sites for hydroxylation is 3. The predicted octanol–water partition coefficient (Wildman–Crippen LogP) is 4.70. The van der Waals surface area contributed by atoms with E-state index in [1.807, 2.05) is 13.0 Å². The topological polar surface area (TPSA) is 20.2 Å². The normalized spacial score (nSPS) is 11.5. The van der Waals surface area contributed by atoms with Crippen LogP contribution in [-0.4, -0.2) is 5.11 Å². The SMILES string of the molecule is Cc1cc(C)c(O)c(Pc2c(C)cccc2P(c2ccccc2)c2ccccc2)c1. The number of aromatic hydroxyl groups is 1. The van der Waals surface area contributed by atoms with E-state index in [-0.39, 0.29) is 0 Å². The quantitative estimate of drug-likeness (QED) is 0.457. The zero-order valence-corrected chi connectivity index (χ0v) is 19.4. The second-order valence-corrected chi connectivity index (χ2v) is 11.1. The van der Waals surface area contributed by atoms with E-state index in [1.54, 1.807) is 0 Å². The first kappa shape index (κ1) is 20.8. The van der Waals surface area contributed by atoms with E-state index in [2.05, 4.69) is 98.8 Å². The Morgan fingerprint density at radius 3 is 1.87 bits per heavy atom. The molecule has 0 amide bonds. The van der Waals surface area contributed by atoms with Crippen LogP contribution in [0.25, 0.3) is 0 Å². The van der Waals surface area contributed by atoms with Crippen molar-refractivity contribution in [3.63, 3.8) is 0 Å². The van der Waals surface area contributed by atoms with Gasteiger partial charge in [0.1, 0.15) is 5.75 Å². The number of rotatable bonds is 5. The van der Waals surface area contributed by atoms with Crippen LogP contribution in [0.5, 0.6) is 5.75 Å². The summed E-state index contributed by atoms with van der Waals surface area (Å²) in [5.41, 5.74) is 3.42. The zero-order chi connectivity index (χ0) is 21.1. The highest BCUT2D eigenvalue weighted by atomic mass is 31.1. The number of hydrogen-bond acceptors (Lipinski definition) is 1. The van der Waals surface area contributed by atoms with Crippen molar-refractivity contribution in [1.82, 2.24) is 0 Å². The van der Waals surface area contributed by atoms with Crippen molar-refractivity contribution < 1.29 is 5.11 Å². The molecule has 0 spiro atoms. The van der Waals surface area contributed by atoms with Gasteiger partial charge in [-0.05, 0) is 72.7 Å². The molecule has 1 N–H and O–H groups in total. The molecule has 0 saturated carbocycles.